The Morgan fingerprint density at radius 3 is 1.91 bits per heavy atom. The second kappa shape index (κ2) is 11.9. The maximum absolute atomic E-state index is 6.62. The van der Waals surface area contributed by atoms with Crippen molar-refractivity contribution in [2.45, 2.75) is 0 Å². The first-order valence-corrected chi connectivity index (χ1v) is 19.9. The number of oxazole rings is 1. The number of nitrogens with zero attached hydrogens (tertiary/aromatic N) is 2. The highest BCUT2D eigenvalue weighted by atomic mass is 32.1. The first kappa shape index (κ1) is 30.7. The zero-order chi connectivity index (χ0) is 36.0. The van der Waals surface area contributed by atoms with E-state index in [0.29, 0.717) is 5.89 Å². The van der Waals surface area contributed by atoms with Crippen LogP contribution in [-0.2, 0) is 0 Å². The number of hydrogen-bond donors (Lipinski definition) is 0. The number of fused-ring (bicyclic) bond motifs is 11. The van der Waals surface area contributed by atoms with Crippen molar-refractivity contribution in [1.29, 1.82) is 0 Å². The SMILES string of the molecule is c1ccc(-c2nc3ccc4oc5c(-c6ccc(N(c7ccc8c(c7)sc7ccccc78)c7ccc8sc9ccccc9c8c7)cc6)cccc5c4c3o2)cc1. The molecule has 0 fully saturated rings. The van der Waals surface area contributed by atoms with Crippen LogP contribution in [0.3, 0.4) is 0 Å². The lowest BCUT2D eigenvalue weighted by Crippen LogP contribution is -2.09. The molecular weight excluding hydrogens is 713 g/mol. The fourth-order valence-corrected chi connectivity index (χ4v) is 10.4. The summed E-state index contributed by atoms with van der Waals surface area (Å²) in [5.41, 5.74) is 9.53. The van der Waals surface area contributed by atoms with Gasteiger partial charge < -0.3 is 13.7 Å². The van der Waals surface area contributed by atoms with Crippen LogP contribution >= 0.6 is 22.7 Å². The van der Waals surface area contributed by atoms with E-state index in [0.717, 1.165) is 66.8 Å². The van der Waals surface area contributed by atoms with Gasteiger partial charge in [0, 0.05) is 73.9 Å². The van der Waals surface area contributed by atoms with E-state index in [-0.39, 0.29) is 0 Å². The standard InChI is InChI=1S/C49H28N2O2S2/c1-2-9-30(10-3-1)49-50-40-24-25-41-46(48(40)53-49)38-14-8-13-34(47(38)52-41)29-17-19-31(20-18-29)51(32-22-26-44-39(27-32)36-12-5-7-16-43(36)54-44)33-21-23-37-35-11-4-6-15-42(35)55-45(37)28-33/h1-28H. The monoisotopic (exact) mass is 740 g/mol. The number of rotatable bonds is 5. The minimum absolute atomic E-state index is 0.603. The average Bonchev–Trinajstić information content (AvgIpc) is 4.02. The molecule has 0 bridgehead atoms. The van der Waals surface area contributed by atoms with Crippen LogP contribution < -0.4 is 4.90 Å². The number of para-hydroxylation sites is 1. The Balaban J connectivity index is 0.997. The van der Waals surface area contributed by atoms with E-state index >= 15 is 0 Å². The van der Waals surface area contributed by atoms with Crippen LogP contribution in [0.4, 0.5) is 17.1 Å². The Labute approximate surface area is 322 Å². The van der Waals surface area contributed by atoms with Gasteiger partial charge in [-0.15, -0.1) is 22.7 Å². The number of thiophene rings is 2. The van der Waals surface area contributed by atoms with Gasteiger partial charge in [0.05, 0.1) is 5.39 Å². The normalized spacial score (nSPS) is 12.0. The van der Waals surface area contributed by atoms with Crippen LogP contribution in [0.25, 0.3) is 96.0 Å². The Morgan fingerprint density at radius 1 is 0.418 bits per heavy atom. The molecule has 4 heterocycles. The van der Waals surface area contributed by atoms with Gasteiger partial charge in [0.2, 0.25) is 5.89 Å². The van der Waals surface area contributed by atoms with Crippen molar-refractivity contribution in [3.8, 4) is 22.6 Å². The summed E-state index contributed by atoms with van der Waals surface area (Å²) in [7, 11) is 0. The molecule has 0 atom stereocenters. The summed E-state index contributed by atoms with van der Waals surface area (Å²) >= 11 is 3.69. The summed E-state index contributed by atoms with van der Waals surface area (Å²) in [4.78, 5) is 7.20. The van der Waals surface area contributed by atoms with Gasteiger partial charge in [-0.2, -0.15) is 0 Å². The van der Waals surface area contributed by atoms with Gasteiger partial charge in [-0.1, -0.05) is 91.0 Å². The van der Waals surface area contributed by atoms with Crippen molar-refractivity contribution in [2.24, 2.45) is 0 Å². The largest absolute Gasteiger partial charge is 0.455 e. The van der Waals surface area contributed by atoms with Crippen LogP contribution in [0.15, 0.2) is 179 Å². The van der Waals surface area contributed by atoms with Crippen LogP contribution in [0.2, 0.25) is 0 Å². The third kappa shape index (κ3) is 4.79. The maximum atomic E-state index is 6.62. The molecule has 0 saturated carbocycles. The molecule has 0 radical (unpaired) electrons. The van der Waals surface area contributed by atoms with Crippen molar-refractivity contribution in [1.82, 2.24) is 4.98 Å². The summed E-state index contributed by atoms with van der Waals surface area (Å²) in [6, 6.07) is 60.3. The molecule has 0 unspecified atom stereocenters. The molecule has 6 heteroatoms. The summed E-state index contributed by atoms with van der Waals surface area (Å²) in [5, 5.41) is 7.11. The Kier molecular flexibility index (Phi) is 6.64. The molecule has 0 N–H and O–H groups in total. The minimum atomic E-state index is 0.603. The van der Waals surface area contributed by atoms with Crippen molar-refractivity contribution in [3.63, 3.8) is 0 Å². The minimum Gasteiger partial charge on any atom is -0.455 e. The maximum Gasteiger partial charge on any atom is 0.227 e. The van der Waals surface area contributed by atoms with Crippen molar-refractivity contribution < 1.29 is 8.83 Å². The second-order valence-electron chi connectivity index (χ2n) is 13.9. The van der Waals surface area contributed by atoms with Gasteiger partial charge in [-0.3, -0.25) is 0 Å². The summed E-state index contributed by atoms with van der Waals surface area (Å²) in [6.07, 6.45) is 0. The number of aromatic nitrogens is 1. The molecule has 258 valence electrons. The third-order valence-corrected chi connectivity index (χ3v) is 13.0. The number of furan rings is 1. The van der Waals surface area contributed by atoms with Crippen molar-refractivity contribution >= 4 is 113 Å². The van der Waals surface area contributed by atoms with E-state index in [4.69, 9.17) is 13.8 Å². The van der Waals surface area contributed by atoms with Crippen LogP contribution in [0, 0.1) is 0 Å². The highest BCUT2D eigenvalue weighted by Gasteiger charge is 2.20. The molecule has 8 aromatic carbocycles. The molecule has 0 aliphatic rings. The topological polar surface area (TPSA) is 42.4 Å². The smallest absolute Gasteiger partial charge is 0.227 e. The number of benzene rings is 8. The fraction of sp³-hybridized carbons (Fsp3) is 0. The van der Waals surface area contributed by atoms with Gasteiger partial charge in [-0.05, 0) is 84.4 Å². The fourth-order valence-electron chi connectivity index (χ4n) is 8.14. The molecule has 12 aromatic rings. The molecule has 55 heavy (non-hydrogen) atoms. The second-order valence-corrected chi connectivity index (χ2v) is 16.1. The predicted octanol–water partition coefficient (Wildman–Crippen LogP) is 15.3. The number of hydrogen-bond acceptors (Lipinski definition) is 6. The lowest BCUT2D eigenvalue weighted by atomic mass is 10.0. The molecule has 0 aliphatic carbocycles. The lowest BCUT2D eigenvalue weighted by molar-refractivity contribution is 0.622. The van der Waals surface area contributed by atoms with E-state index in [9.17, 15) is 0 Å². The molecule has 0 amide bonds. The molecule has 12 rings (SSSR count). The van der Waals surface area contributed by atoms with Gasteiger partial charge in [0.25, 0.3) is 0 Å². The van der Waals surface area contributed by atoms with Crippen molar-refractivity contribution in [3.05, 3.63) is 170 Å². The summed E-state index contributed by atoms with van der Waals surface area (Å²) < 4.78 is 18.2. The van der Waals surface area contributed by atoms with Crippen LogP contribution in [0.1, 0.15) is 0 Å². The molecule has 4 nitrogen and oxygen atoms in total. The Morgan fingerprint density at radius 2 is 1.07 bits per heavy atom. The zero-order valence-corrected chi connectivity index (χ0v) is 30.8. The van der Waals surface area contributed by atoms with Crippen LogP contribution in [-0.4, -0.2) is 4.98 Å². The quantitative estimate of drug-likeness (QED) is 0.176. The van der Waals surface area contributed by atoms with Gasteiger partial charge in [0.15, 0.2) is 5.58 Å². The first-order chi connectivity index (χ1) is 27.2. The van der Waals surface area contributed by atoms with Crippen molar-refractivity contribution in [2.75, 3.05) is 4.90 Å². The zero-order valence-electron chi connectivity index (χ0n) is 29.2. The molecule has 0 spiro atoms. The Bertz CT molecular complexity index is 3440. The summed E-state index contributed by atoms with van der Waals surface area (Å²) in [6.45, 7) is 0. The first-order valence-electron chi connectivity index (χ1n) is 18.3. The third-order valence-electron chi connectivity index (χ3n) is 10.7. The predicted molar refractivity (Wildman–Crippen MR) is 233 cm³/mol. The lowest BCUT2D eigenvalue weighted by Gasteiger charge is -2.26. The molecule has 0 saturated heterocycles. The van der Waals surface area contributed by atoms with E-state index < -0.39 is 0 Å². The van der Waals surface area contributed by atoms with Gasteiger partial charge in [-0.25, -0.2) is 4.98 Å². The van der Waals surface area contributed by atoms with Gasteiger partial charge >= 0.3 is 0 Å². The highest BCUT2D eigenvalue weighted by Crippen LogP contribution is 2.45. The van der Waals surface area contributed by atoms with E-state index in [1.807, 2.05) is 65.1 Å². The van der Waals surface area contributed by atoms with E-state index in [2.05, 4.69) is 132 Å². The van der Waals surface area contributed by atoms with Gasteiger partial charge in [0.1, 0.15) is 16.7 Å². The highest BCUT2D eigenvalue weighted by molar-refractivity contribution is 7.26. The van der Waals surface area contributed by atoms with E-state index in [1.54, 1.807) is 0 Å². The van der Waals surface area contributed by atoms with E-state index in [1.165, 1.54) is 40.3 Å². The number of anilines is 3. The van der Waals surface area contributed by atoms with Crippen LogP contribution in [0.5, 0.6) is 0 Å². The molecule has 0 aliphatic heterocycles. The Hall–Kier alpha value is -6.73. The molecule has 4 aromatic heterocycles. The average molecular weight is 741 g/mol. The molecular formula is C49H28N2O2S2. The summed E-state index contributed by atoms with van der Waals surface area (Å²) in [5.74, 6) is 0.603.